The van der Waals surface area contributed by atoms with E-state index < -0.39 is 0 Å². The highest BCUT2D eigenvalue weighted by Gasteiger charge is 2.04. The topological polar surface area (TPSA) is 64.6 Å². The molecule has 94 valence electrons. The fourth-order valence-electron chi connectivity index (χ4n) is 1.34. The molecule has 1 rings (SSSR count). The molecule has 0 aliphatic heterocycles. The zero-order valence-corrected chi connectivity index (χ0v) is 10.2. The lowest BCUT2D eigenvalue weighted by molar-refractivity contribution is 0.251. The minimum atomic E-state index is -0.301. The zero-order chi connectivity index (χ0) is 12.7. The van der Waals surface area contributed by atoms with Crippen molar-refractivity contribution in [2.24, 2.45) is 0 Å². The van der Waals surface area contributed by atoms with Gasteiger partial charge in [-0.05, 0) is 39.2 Å². The summed E-state index contributed by atoms with van der Waals surface area (Å²) >= 11 is 0. The Kier molecular flexibility index (Phi) is 5.29. The average Bonchev–Trinajstić information content (AvgIpc) is 2.27. The number of phenols is 1. The Morgan fingerprint density at radius 2 is 2.06 bits per heavy atom. The second kappa shape index (κ2) is 6.75. The van der Waals surface area contributed by atoms with E-state index in [4.69, 9.17) is 0 Å². The number of hydrogen-bond donors (Lipinski definition) is 3. The molecule has 0 aliphatic carbocycles. The molecular weight excluding hydrogens is 218 g/mol. The van der Waals surface area contributed by atoms with Gasteiger partial charge in [-0.3, -0.25) is 0 Å². The van der Waals surface area contributed by atoms with Gasteiger partial charge < -0.3 is 20.6 Å². The van der Waals surface area contributed by atoms with Crippen molar-refractivity contribution >= 4 is 11.7 Å². The molecule has 0 fully saturated rings. The van der Waals surface area contributed by atoms with Crippen LogP contribution in [0.1, 0.15) is 6.42 Å². The number of para-hydroxylation sites is 2. The number of carbonyl (C=O) groups is 1. The van der Waals surface area contributed by atoms with Crippen molar-refractivity contribution in [2.45, 2.75) is 6.42 Å². The van der Waals surface area contributed by atoms with Gasteiger partial charge in [-0.2, -0.15) is 0 Å². The molecule has 0 atom stereocenters. The summed E-state index contributed by atoms with van der Waals surface area (Å²) in [6.45, 7) is 1.54. The van der Waals surface area contributed by atoms with Crippen LogP contribution in [0.3, 0.4) is 0 Å². The number of nitrogens with one attached hydrogen (secondary N) is 2. The molecule has 0 heterocycles. The minimum absolute atomic E-state index is 0.0657. The summed E-state index contributed by atoms with van der Waals surface area (Å²) in [5.41, 5.74) is 0.414. The fourth-order valence-corrected chi connectivity index (χ4v) is 1.34. The molecule has 1 aromatic rings. The first-order valence-electron chi connectivity index (χ1n) is 5.57. The van der Waals surface area contributed by atoms with Gasteiger partial charge in [0.15, 0.2) is 0 Å². The van der Waals surface area contributed by atoms with Gasteiger partial charge in [0.2, 0.25) is 0 Å². The van der Waals surface area contributed by atoms with Gasteiger partial charge in [0.05, 0.1) is 5.69 Å². The van der Waals surface area contributed by atoms with Gasteiger partial charge in [-0.15, -0.1) is 0 Å². The Balaban J connectivity index is 2.28. The maximum Gasteiger partial charge on any atom is 0.319 e. The molecular formula is C12H19N3O2. The molecule has 0 saturated heterocycles. The maximum absolute atomic E-state index is 11.5. The van der Waals surface area contributed by atoms with Gasteiger partial charge >= 0.3 is 6.03 Å². The van der Waals surface area contributed by atoms with E-state index >= 15 is 0 Å². The van der Waals surface area contributed by atoms with Gasteiger partial charge in [0, 0.05) is 6.54 Å². The van der Waals surface area contributed by atoms with Gasteiger partial charge in [-0.1, -0.05) is 12.1 Å². The van der Waals surface area contributed by atoms with E-state index in [-0.39, 0.29) is 11.8 Å². The molecule has 0 saturated carbocycles. The normalized spacial score (nSPS) is 10.3. The molecule has 5 nitrogen and oxygen atoms in total. The van der Waals surface area contributed by atoms with Crippen molar-refractivity contribution in [3.63, 3.8) is 0 Å². The molecule has 1 aromatic carbocycles. The van der Waals surface area contributed by atoms with Crippen molar-refractivity contribution in [1.82, 2.24) is 10.2 Å². The summed E-state index contributed by atoms with van der Waals surface area (Å²) in [5, 5.41) is 14.8. The number of hydrogen-bond acceptors (Lipinski definition) is 3. The fraction of sp³-hybridized carbons (Fsp3) is 0.417. The van der Waals surface area contributed by atoms with Gasteiger partial charge in [0.25, 0.3) is 0 Å². The molecule has 17 heavy (non-hydrogen) atoms. The summed E-state index contributed by atoms with van der Waals surface area (Å²) in [7, 11) is 3.98. The number of rotatable bonds is 5. The zero-order valence-electron chi connectivity index (χ0n) is 10.2. The number of nitrogens with zero attached hydrogens (tertiary/aromatic N) is 1. The predicted molar refractivity (Wildman–Crippen MR) is 68.3 cm³/mol. The van der Waals surface area contributed by atoms with Crippen LogP contribution in [0.2, 0.25) is 0 Å². The average molecular weight is 237 g/mol. The highest BCUT2D eigenvalue weighted by Crippen LogP contribution is 2.20. The van der Waals surface area contributed by atoms with E-state index in [1.165, 1.54) is 6.07 Å². The van der Waals surface area contributed by atoms with E-state index in [0.717, 1.165) is 13.0 Å². The van der Waals surface area contributed by atoms with Gasteiger partial charge in [0.1, 0.15) is 5.75 Å². The predicted octanol–water partition coefficient (Wildman–Crippen LogP) is 1.47. The van der Waals surface area contributed by atoms with Crippen molar-refractivity contribution in [3.8, 4) is 5.75 Å². The van der Waals surface area contributed by atoms with E-state index in [1.807, 2.05) is 14.1 Å². The Morgan fingerprint density at radius 3 is 2.71 bits per heavy atom. The lowest BCUT2D eigenvalue weighted by Crippen LogP contribution is -2.31. The molecule has 0 bridgehead atoms. The highest BCUT2D eigenvalue weighted by molar-refractivity contribution is 5.90. The Hall–Kier alpha value is -1.75. The first kappa shape index (κ1) is 13.3. The standard InChI is InChI=1S/C12H19N3O2/c1-15(2)9-5-8-13-12(17)14-10-6-3-4-7-11(10)16/h3-4,6-7,16H,5,8-9H2,1-2H3,(H2,13,14,17). The monoisotopic (exact) mass is 237 g/mol. The minimum Gasteiger partial charge on any atom is -0.506 e. The molecule has 0 aromatic heterocycles. The smallest absolute Gasteiger partial charge is 0.319 e. The van der Waals surface area contributed by atoms with Crippen molar-refractivity contribution in [2.75, 3.05) is 32.5 Å². The van der Waals surface area contributed by atoms with Crippen LogP contribution in [0, 0.1) is 0 Å². The number of urea groups is 1. The molecule has 3 N–H and O–H groups in total. The van der Waals surface area contributed by atoms with Crippen LogP contribution in [0.25, 0.3) is 0 Å². The quantitative estimate of drug-likeness (QED) is 0.536. The highest BCUT2D eigenvalue weighted by atomic mass is 16.3. The van der Waals surface area contributed by atoms with Crippen LogP contribution < -0.4 is 10.6 Å². The van der Waals surface area contributed by atoms with Crippen molar-refractivity contribution < 1.29 is 9.90 Å². The summed E-state index contributed by atoms with van der Waals surface area (Å²) in [6.07, 6.45) is 0.890. The third-order valence-electron chi connectivity index (χ3n) is 2.22. The number of carbonyl (C=O) groups excluding carboxylic acids is 1. The summed E-state index contributed by atoms with van der Waals surface area (Å²) in [5.74, 6) is 0.0657. The molecule has 5 heteroatoms. The van der Waals surface area contributed by atoms with Crippen LogP contribution in [0.15, 0.2) is 24.3 Å². The van der Waals surface area contributed by atoms with Crippen LogP contribution in [-0.4, -0.2) is 43.2 Å². The first-order chi connectivity index (χ1) is 8.09. The SMILES string of the molecule is CN(C)CCCNC(=O)Nc1ccccc1O. The largest absolute Gasteiger partial charge is 0.506 e. The molecule has 0 unspecified atom stereocenters. The van der Waals surface area contributed by atoms with Crippen LogP contribution in [0.5, 0.6) is 5.75 Å². The number of benzene rings is 1. The number of aromatic hydroxyl groups is 1. The summed E-state index contributed by atoms with van der Waals surface area (Å²) in [4.78, 5) is 13.5. The van der Waals surface area contributed by atoms with Crippen LogP contribution >= 0.6 is 0 Å². The van der Waals surface area contributed by atoms with Crippen molar-refractivity contribution in [3.05, 3.63) is 24.3 Å². The van der Waals surface area contributed by atoms with E-state index in [9.17, 15) is 9.90 Å². The molecule has 0 aliphatic rings. The molecule has 0 radical (unpaired) electrons. The van der Waals surface area contributed by atoms with Crippen LogP contribution in [0.4, 0.5) is 10.5 Å². The number of anilines is 1. The van der Waals surface area contributed by atoms with E-state index in [0.29, 0.717) is 12.2 Å². The van der Waals surface area contributed by atoms with E-state index in [2.05, 4.69) is 15.5 Å². The third kappa shape index (κ3) is 5.21. The Bertz CT molecular complexity index is 367. The Labute approximate surface area is 101 Å². The third-order valence-corrected chi connectivity index (χ3v) is 2.22. The van der Waals surface area contributed by atoms with Crippen LogP contribution in [-0.2, 0) is 0 Å². The lowest BCUT2D eigenvalue weighted by atomic mass is 10.3. The lowest BCUT2D eigenvalue weighted by Gasteiger charge is -2.11. The number of phenolic OH excluding ortho intramolecular Hbond substituents is 1. The molecule has 2 amide bonds. The maximum atomic E-state index is 11.5. The molecule has 0 spiro atoms. The second-order valence-electron chi connectivity index (χ2n) is 4.05. The summed E-state index contributed by atoms with van der Waals surface area (Å²) < 4.78 is 0. The van der Waals surface area contributed by atoms with E-state index in [1.54, 1.807) is 18.2 Å². The first-order valence-corrected chi connectivity index (χ1v) is 5.57. The van der Waals surface area contributed by atoms with Gasteiger partial charge in [-0.25, -0.2) is 4.79 Å². The summed E-state index contributed by atoms with van der Waals surface area (Å²) in [6, 6.07) is 6.33. The Morgan fingerprint density at radius 1 is 1.35 bits per heavy atom. The van der Waals surface area contributed by atoms with Crippen molar-refractivity contribution in [1.29, 1.82) is 0 Å². The number of amides is 2. The second-order valence-corrected chi connectivity index (χ2v) is 4.05.